The van der Waals surface area contributed by atoms with Gasteiger partial charge in [-0.25, -0.2) is 4.79 Å². The van der Waals surface area contributed by atoms with Gasteiger partial charge < -0.3 is 59.5 Å². The lowest BCUT2D eigenvalue weighted by Crippen LogP contribution is -2.60. The molecule has 0 spiro atoms. The highest BCUT2D eigenvalue weighted by atomic mass is 16.7. The number of ether oxygens (including phenoxy) is 3. The minimum Gasteiger partial charge on any atom is -0.508 e. The molecule has 4 aromatic rings. The number of carbonyl (C=O) groups is 1. The summed E-state index contributed by atoms with van der Waals surface area (Å²) >= 11 is 0. The van der Waals surface area contributed by atoms with E-state index < -0.39 is 71.7 Å². The van der Waals surface area contributed by atoms with E-state index in [0.29, 0.717) is 5.56 Å². The molecule has 14 heteroatoms. The summed E-state index contributed by atoms with van der Waals surface area (Å²) in [5.41, 5.74) is -0.608. The third kappa shape index (κ3) is 6.09. The number of hydrogen-bond acceptors (Lipinski definition) is 14. The molecule has 1 aromatic heterocycles. The first-order valence-electron chi connectivity index (χ1n) is 13.0. The molecule has 0 aliphatic carbocycles. The van der Waals surface area contributed by atoms with Crippen LogP contribution in [-0.2, 0) is 14.3 Å². The number of esters is 1. The maximum atomic E-state index is 13.5. The van der Waals surface area contributed by atoms with Crippen molar-refractivity contribution in [2.75, 3.05) is 6.61 Å². The molecule has 14 nitrogen and oxygen atoms in total. The van der Waals surface area contributed by atoms with Crippen LogP contribution in [0.2, 0.25) is 0 Å². The summed E-state index contributed by atoms with van der Waals surface area (Å²) in [6.45, 7) is -0.633. The second-order valence-electron chi connectivity index (χ2n) is 9.82. The molecule has 2 heterocycles. The number of phenols is 5. The van der Waals surface area contributed by atoms with Crippen LogP contribution in [0.25, 0.3) is 28.4 Å². The summed E-state index contributed by atoms with van der Waals surface area (Å²) in [5.74, 6) is -3.65. The van der Waals surface area contributed by atoms with Crippen molar-refractivity contribution in [2.45, 2.75) is 30.7 Å². The van der Waals surface area contributed by atoms with E-state index in [9.17, 15) is 50.4 Å². The van der Waals surface area contributed by atoms with Crippen LogP contribution < -0.4 is 10.2 Å². The van der Waals surface area contributed by atoms with E-state index in [1.807, 2.05) is 0 Å². The lowest BCUT2D eigenvalue weighted by atomic mass is 9.99. The predicted octanol–water partition coefficient (Wildman–Crippen LogP) is 1.43. The van der Waals surface area contributed by atoms with Gasteiger partial charge in [-0.05, 0) is 48.0 Å². The Morgan fingerprint density at radius 2 is 1.55 bits per heavy atom. The van der Waals surface area contributed by atoms with Crippen molar-refractivity contribution in [3.8, 4) is 45.8 Å². The number of phenolic OH excluding ortho intramolecular Hbond substituents is 5. The van der Waals surface area contributed by atoms with Crippen LogP contribution in [-0.4, -0.2) is 84.1 Å². The Kier molecular flexibility index (Phi) is 8.33. The van der Waals surface area contributed by atoms with Gasteiger partial charge in [-0.15, -0.1) is 0 Å². The summed E-state index contributed by atoms with van der Waals surface area (Å²) in [7, 11) is 0. The van der Waals surface area contributed by atoms with Crippen LogP contribution in [0.3, 0.4) is 0 Å². The second kappa shape index (κ2) is 12.1. The van der Waals surface area contributed by atoms with Crippen molar-refractivity contribution < 1.29 is 64.3 Å². The summed E-state index contributed by atoms with van der Waals surface area (Å²) < 4.78 is 22.2. The summed E-state index contributed by atoms with van der Waals surface area (Å²) in [6, 6.07) is 11.2. The van der Waals surface area contributed by atoms with Crippen LogP contribution in [0.15, 0.2) is 69.9 Å². The van der Waals surface area contributed by atoms with Gasteiger partial charge in [-0.1, -0.05) is 6.07 Å². The van der Waals surface area contributed by atoms with Crippen LogP contribution in [0, 0.1) is 0 Å². The van der Waals surface area contributed by atoms with Gasteiger partial charge in [-0.3, -0.25) is 4.79 Å². The molecular weight excluding hydrogens is 584 g/mol. The lowest BCUT2D eigenvalue weighted by molar-refractivity contribution is -0.278. The number of benzene rings is 3. The normalized spacial score (nSPS) is 21.8. The van der Waals surface area contributed by atoms with Gasteiger partial charge in [0, 0.05) is 23.8 Å². The highest BCUT2D eigenvalue weighted by molar-refractivity contribution is 5.88. The molecule has 0 radical (unpaired) electrons. The fourth-order valence-electron chi connectivity index (χ4n) is 4.47. The second-order valence-corrected chi connectivity index (χ2v) is 9.82. The van der Waals surface area contributed by atoms with E-state index in [0.717, 1.165) is 18.2 Å². The smallest absolute Gasteiger partial charge is 0.330 e. The van der Waals surface area contributed by atoms with Gasteiger partial charge >= 0.3 is 5.97 Å². The average Bonchev–Trinajstić information content (AvgIpc) is 2.98. The van der Waals surface area contributed by atoms with E-state index >= 15 is 0 Å². The first-order chi connectivity index (χ1) is 20.9. The third-order valence-corrected chi connectivity index (χ3v) is 6.75. The van der Waals surface area contributed by atoms with Gasteiger partial charge in [-0.2, -0.15) is 0 Å². The molecule has 0 amide bonds. The summed E-state index contributed by atoms with van der Waals surface area (Å²) in [5, 5.41) is 80.2. The molecule has 2 unspecified atom stereocenters. The van der Waals surface area contributed by atoms with Crippen LogP contribution >= 0.6 is 0 Å². The van der Waals surface area contributed by atoms with Crippen molar-refractivity contribution in [3.63, 3.8) is 0 Å². The molecule has 5 rings (SSSR count). The Balaban J connectivity index is 1.41. The monoisotopic (exact) mass is 610 g/mol. The third-order valence-electron chi connectivity index (χ3n) is 6.75. The van der Waals surface area contributed by atoms with E-state index in [4.69, 9.17) is 18.6 Å². The number of aromatic hydroxyl groups is 5. The maximum Gasteiger partial charge on any atom is 0.330 e. The molecule has 5 atom stereocenters. The number of aliphatic hydroxyl groups excluding tert-OH is 3. The van der Waals surface area contributed by atoms with Crippen LogP contribution in [0.1, 0.15) is 5.56 Å². The molecule has 1 fully saturated rings. The van der Waals surface area contributed by atoms with E-state index in [1.54, 1.807) is 0 Å². The zero-order chi connectivity index (χ0) is 31.7. The molecule has 1 aliphatic rings. The fraction of sp³-hybridized carbons (Fsp3) is 0.200. The molecule has 1 aliphatic heterocycles. The lowest BCUT2D eigenvalue weighted by Gasteiger charge is -2.39. The van der Waals surface area contributed by atoms with Crippen molar-refractivity contribution in [3.05, 3.63) is 76.5 Å². The number of hydrogen-bond donors (Lipinski definition) is 8. The van der Waals surface area contributed by atoms with E-state index in [2.05, 4.69) is 0 Å². The fourth-order valence-corrected chi connectivity index (χ4v) is 4.47. The maximum absolute atomic E-state index is 13.5. The van der Waals surface area contributed by atoms with E-state index in [1.165, 1.54) is 48.5 Å². The first-order valence-corrected chi connectivity index (χ1v) is 13.0. The van der Waals surface area contributed by atoms with Gasteiger partial charge in [0.25, 0.3) is 0 Å². The SMILES string of the molecule is O=C(/C=C/c1ccc(O)c(O)c1)OCC1O[C@@H](Oc2c(-c3ccc(O)cc3)oc3cc(O)cc(O)c3c2=O)C(O)[C@@H](O)[C@@H]1O. The van der Waals surface area contributed by atoms with Crippen molar-refractivity contribution >= 4 is 23.0 Å². The molecule has 3 aromatic carbocycles. The van der Waals surface area contributed by atoms with Crippen molar-refractivity contribution in [1.82, 2.24) is 0 Å². The van der Waals surface area contributed by atoms with Gasteiger partial charge in [0.05, 0.1) is 0 Å². The van der Waals surface area contributed by atoms with Crippen molar-refractivity contribution in [1.29, 1.82) is 0 Å². The zero-order valence-corrected chi connectivity index (χ0v) is 22.5. The zero-order valence-electron chi connectivity index (χ0n) is 22.5. The van der Waals surface area contributed by atoms with Crippen LogP contribution in [0.4, 0.5) is 0 Å². The van der Waals surface area contributed by atoms with E-state index in [-0.39, 0.29) is 33.8 Å². The molecular formula is C30H26O14. The molecule has 44 heavy (non-hydrogen) atoms. The minimum atomic E-state index is -1.92. The Hall–Kier alpha value is -5.28. The summed E-state index contributed by atoms with van der Waals surface area (Å²) in [4.78, 5) is 25.8. The molecule has 1 saturated heterocycles. The Labute approximate surface area is 247 Å². The number of carbonyl (C=O) groups excluding carboxylic acids is 1. The largest absolute Gasteiger partial charge is 0.508 e. The van der Waals surface area contributed by atoms with Gasteiger partial charge in [0.15, 0.2) is 17.3 Å². The first kappa shape index (κ1) is 30.2. The highest BCUT2D eigenvalue weighted by Crippen LogP contribution is 2.37. The molecule has 8 N–H and O–H groups in total. The van der Waals surface area contributed by atoms with Gasteiger partial charge in [0.1, 0.15) is 59.2 Å². The summed E-state index contributed by atoms with van der Waals surface area (Å²) in [6.07, 6.45) is -6.57. The topological polar surface area (TPSA) is 237 Å². The van der Waals surface area contributed by atoms with Gasteiger partial charge in [0.2, 0.25) is 17.5 Å². The predicted molar refractivity (Wildman–Crippen MR) is 150 cm³/mol. The minimum absolute atomic E-state index is 0.105. The number of rotatable bonds is 7. The molecule has 230 valence electrons. The highest BCUT2D eigenvalue weighted by Gasteiger charge is 2.46. The van der Waals surface area contributed by atoms with Crippen molar-refractivity contribution in [2.24, 2.45) is 0 Å². The number of fused-ring (bicyclic) bond motifs is 1. The quantitative estimate of drug-likeness (QED) is 0.0840. The standard InChI is InChI=1S/C30H26O14/c31-15-5-3-14(4-6-15)28-29(25(38)23-19(35)10-16(32)11-20(23)42-28)44-30-27(40)26(39)24(37)21(43-30)12-41-22(36)8-2-13-1-7-17(33)18(34)9-13/h1-11,21,24,26-27,30-35,37,39-40H,12H2/b8-2+/t21?,24-,26+,27?,30+/m1/s1. The molecule has 0 bridgehead atoms. The van der Waals surface area contributed by atoms with Crippen LogP contribution in [0.5, 0.6) is 34.5 Å². The Morgan fingerprint density at radius 1 is 0.818 bits per heavy atom. The number of aliphatic hydroxyl groups is 3. The average molecular weight is 611 g/mol. The molecule has 0 saturated carbocycles. The Bertz CT molecular complexity index is 1780. The Morgan fingerprint density at radius 3 is 2.25 bits per heavy atom.